The molecular weight excluding hydrogens is 362 g/mol. The van der Waals surface area contributed by atoms with Crippen LogP contribution in [0.5, 0.6) is 0 Å². The van der Waals surface area contributed by atoms with Crippen molar-refractivity contribution in [3.8, 4) is 10.4 Å². The Morgan fingerprint density at radius 1 is 1.33 bits per heavy atom. The Morgan fingerprint density at radius 3 is 2.96 bits per heavy atom. The molecule has 1 fully saturated rings. The van der Waals surface area contributed by atoms with Gasteiger partial charge in [-0.05, 0) is 30.5 Å². The van der Waals surface area contributed by atoms with E-state index >= 15 is 0 Å². The zero-order chi connectivity index (χ0) is 18.6. The molecule has 4 rings (SSSR count). The van der Waals surface area contributed by atoms with Gasteiger partial charge < -0.3 is 14.4 Å². The third-order valence-electron chi connectivity index (χ3n) is 4.78. The molecule has 7 heteroatoms. The number of likely N-dealkylation sites (tertiary alicyclic amines) is 1. The first kappa shape index (κ1) is 17.8. The predicted octanol–water partition coefficient (Wildman–Crippen LogP) is 4.52. The molecule has 27 heavy (non-hydrogen) atoms. The van der Waals surface area contributed by atoms with E-state index in [1.807, 2.05) is 30.3 Å². The van der Waals surface area contributed by atoms with Gasteiger partial charge in [-0.1, -0.05) is 41.7 Å². The lowest BCUT2D eigenvalue weighted by molar-refractivity contribution is 0.110. The van der Waals surface area contributed by atoms with Gasteiger partial charge in [-0.2, -0.15) is 0 Å². The number of furan rings is 1. The Morgan fingerprint density at radius 2 is 2.19 bits per heavy atom. The maximum absolute atomic E-state index is 12.7. The number of aromatic nitrogens is 1. The largest absolute Gasteiger partial charge is 0.467 e. The van der Waals surface area contributed by atoms with E-state index < -0.39 is 6.10 Å². The predicted molar refractivity (Wildman–Crippen MR) is 105 cm³/mol. The Kier molecular flexibility index (Phi) is 5.22. The van der Waals surface area contributed by atoms with E-state index in [9.17, 15) is 9.90 Å². The monoisotopic (exact) mass is 383 g/mol. The third-order valence-corrected chi connectivity index (χ3v) is 5.74. The Hall–Kier alpha value is -2.64. The third kappa shape index (κ3) is 4.04. The summed E-state index contributed by atoms with van der Waals surface area (Å²) in [5, 5.41) is 13.8. The number of nitrogens with one attached hydrogen (secondary N) is 1. The van der Waals surface area contributed by atoms with Crippen molar-refractivity contribution in [2.24, 2.45) is 0 Å². The van der Waals surface area contributed by atoms with Gasteiger partial charge in [-0.15, -0.1) is 0 Å². The van der Waals surface area contributed by atoms with E-state index in [0.717, 1.165) is 23.3 Å². The molecule has 0 unspecified atom stereocenters. The molecule has 2 amide bonds. The number of rotatable bonds is 5. The number of carbonyl (C=O) groups is 1. The van der Waals surface area contributed by atoms with Crippen LogP contribution in [0.15, 0.2) is 59.3 Å². The highest BCUT2D eigenvalue weighted by Gasteiger charge is 2.31. The highest BCUT2D eigenvalue weighted by molar-refractivity contribution is 7.19. The first-order valence-electron chi connectivity index (χ1n) is 9.01. The van der Waals surface area contributed by atoms with Crippen molar-refractivity contribution in [1.29, 1.82) is 0 Å². The van der Waals surface area contributed by atoms with Gasteiger partial charge in [0.05, 0.1) is 11.1 Å². The van der Waals surface area contributed by atoms with Crippen LogP contribution in [-0.2, 0) is 0 Å². The van der Waals surface area contributed by atoms with Crippen LogP contribution < -0.4 is 5.32 Å². The zero-order valence-corrected chi connectivity index (χ0v) is 15.6. The summed E-state index contributed by atoms with van der Waals surface area (Å²) in [6, 6.07) is 13.3. The average molecular weight is 383 g/mol. The summed E-state index contributed by atoms with van der Waals surface area (Å²) in [5.41, 5.74) is 1.08. The van der Waals surface area contributed by atoms with Gasteiger partial charge in [-0.25, -0.2) is 9.78 Å². The van der Waals surface area contributed by atoms with E-state index in [1.54, 1.807) is 29.5 Å². The summed E-state index contributed by atoms with van der Waals surface area (Å²) in [7, 11) is 0. The van der Waals surface area contributed by atoms with Gasteiger partial charge >= 0.3 is 6.03 Å². The fraction of sp³-hybridized carbons (Fsp3) is 0.300. The quantitative estimate of drug-likeness (QED) is 0.679. The zero-order valence-electron chi connectivity index (χ0n) is 14.7. The summed E-state index contributed by atoms with van der Waals surface area (Å²) in [5.74, 6) is 0.537. The number of amides is 2. The highest BCUT2D eigenvalue weighted by atomic mass is 32.1. The van der Waals surface area contributed by atoms with Gasteiger partial charge in [0.2, 0.25) is 0 Å². The minimum absolute atomic E-state index is 0.0151. The molecule has 140 valence electrons. The summed E-state index contributed by atoms with van der Waals surface area (Å²) in [4.78, 5) is 19.8. The number of hydrogen-bond acceptors (Lipinski definition) is 5. The average Bonchev–Trinajstić information content (AvgIpc) is 3.44. The molecule has 1 aromatic carbocycles. The first-order chi connectivity index (χ1) is 13.2. The van der Waals surface area contributed by atoms with Crippen molar-refractivity contribution in [2.75, 3.05) is 11.9 Å². The minimum Gasteiger partial charge on any atom is -0.467 e. The molecule has 1 aliphatic rings. The van der Waals surface area contributed by atoms with E-state index in [1.165, 1.54) is 11.3 Å². The van der Waals surface area contributed by atoms with Gasteiger partial charge in [0.25, 0.3) is 0 Å². The first-order valence-corrected chi connectivity index (χ1v) is 9.82. The maximum Gasteiger partial charge on any atom is 0.323 e. The van der Waals surface area contributed by atoms with Crippen LogP contribution >= 0.6 is 11.3 Å². The Labute approximate surface area is 161 Å². The Bertz CT molecular complexity index is 879. The number of hydrogen-bond donors (Lipinski definition) is 2. The maximum atomic E-state index is 12.7. The second kappa shape index (κ2) is 7.94. The van der Waals surface area contributed by atoms with Crippen LogP contribution in [-0.4, -0.2) is 33.6 Å². The van der Waals surface area contributed by atoms with Crippen LogP contribution in [0.1, 0.15) is 31.1 Å². The number of aliphatic hydroxyl groups excluding tert-OH is 1. The molecule has 3 aromatic rings. The fourth-order valence-corrected chi connectivity index (χ4v) is 4.25. The van der Waals surface area contributed by atoms with Crippen LogP contribution in [0.2, 0.25) is 0 Å². The topological polar surface area (TPSA) is 78.6 Å². The molecule has 2 atom stereocenters. The molecule has 0 bridgehead atoms. The van der Waals surface area contributed by atoms with Crippen LogP contribution in [0, 0.1) is 0 Å². The molecule has 0 aliphatic carbocycles. The number of anilines is 1. The normalized spacial score (nSPS) is 17.8. The van der Waals surface area contributed by atoms with E-state index in [-0.39, 0.29) is 12.1 Å². The number of thiazole rings is 1. The number of aliphatic hydroxyl groups is 1. The van der Waals surface area contributed by atoms with E-state index in [4.69, 9.17) is 4.42 Å². The molecule has 0 spiro atoms. The molecular formula is C20H21N3O3S. The SMILES string of the molecule is O=C(Nc1ncc(-c2ccccc2)s1)N1CCC[C@@H]1C[C@H](O)c1ccco1. The highest BCUT2D eigenvalue weighted by Crippen LogP contribution is 2.31. The summed E-state index contributed by atoms with van der Waals surface area (Å²) < 4.78 is 5.26. The van der Waals surface area contributed by atoms with Crippen molar-refractivity contribution < 1.29 is 14.3 Å². The fourth-order valence-electron chi connectivity index (χ4n) is 3.43. The van der Waals surface area contributed by atoms with Crippen molar-refractivity contribution in [3.63, 3.8) is 0 Å². The van der Waals surface area contributed by atoms with Crippen LogP contribution in [0.4, 0.5) is 9.93 Å². The van der Waals surface area contributed by atoms with Crippen molar-refractivity contribution >= 4 is 22.5 Å². The van der Waals surface area contributed by atoms with E-state index in [0.29, 0.717) is 23.9 Å². The van der Waals surface area contributed by atoms with Gasteiger partial charge in [-0.3, -0.25) is 5.32 Å². The number of carbonyl (C=O) groups excluding carboxylic acids is 1. The summed E-state index contributed by atoms with van der Waals surface area (Å²) in [6.07, 6.45) is 4.88. The smallest absolute Gasteiger partial charge is 0.323 e. The molecule has 1 aliphatic heterocycles. The van der Waals surface area contributed by atoms with Crippen LogP contribution in [0.25, 0.3) is 10.4 Å². The number of nitrogens with zero attached hydrogens (tertiary/aromatic N) is 2. The summed E-state index contributed by atoms with van der Waals surface area (Å²) >= 11 is 1.45. The van der Waals surface area contributed by atoms with Crippen LogP contribution in [0.3, 0.4) is 0 Å². The lowest BCUT2D eigenvalue weighted by Crippen LogP contribution is -2.39. The standard InChI is InChI=1S/C20H21N3O3S/c24-16(17-9-5-11-26-17)12-15-8-4-10-23(15)20(25)22-19-21-13-18(27-19)14-6-2-1-3-7-14/h1-3,5-7,9,11,13,15-16,24H,4,8,10,12H2,(H,21,22,25)/t15-,16+/m1/s1. The molecule has 0 radical (unpaired) electrons. The molecule has 2 aromatic heterocycles. The van der Waals surface area contributed by atoms with Crippen molar-refractivity contribution in [3.05, 3.63) is 60.7 Å². The van der Waals surface area contributed by atoms with Gasteiger partial charge in [0.15, 0.2) is 5.13 Å². The second-order valence-electron chi connectivity index (χ2n) is 6.58. The number of benzene rings is 1. The van der Waals surface area contributed by atoms with Gasteiger partial charge in [0.1, 0.15) is 11.9 Å². The molecule has 6 nitrogen and oxygen atoms in total. The molecule has 2 N–H and O–H groups in total. The van der Waals surface area contributed by atoms with Crippen molar-refractivity contribution in [2.45, 2.75) is 31.4 Å². The van der Waals surface area contributed by atoms with Crippen molar-refractivity contribution in [1.82, 2.24) is 9.88 Å². The van der Waals surface area contributed by atoms with Gasteiger partial charge in [0, 0.05) is 25.2 Å². The molecule has 1 saturated heterocycles. The molecule has 0 saturated carbocycles. The minimum atomic E-state index is -0.706. The number of urea groups is 1. The second-order valence-corrected chi connectivity index (χ2v) is 7.61. The Balaban J connectivity index is 1.39. The molecule has 3 heterocycles. The lowest BCUT2D eigenvalue weighted by Gasteiger charge is -2.25. The lowest BCUT2D eigenvalue weighted by atomic mass is 10.1. The van der Waals surface area contributed by atoms with E-state index in [2.05, 4.69) is 10.3 Å². The summed E-state index contributed by atoms with van der Waals surface area (Å²) in [6.45, 7) is 0.679.